The van der Waals surface area contributed by atoms with Crippen LogP contribution in [0.2, 0.25) is 0 Å². The molecule has 0 fully saturated rings. The fraction of sp³-hybridized carbons (Fsp3) is 0.400. The summed E-state index contributed by atoms with van der Waals surface area (Å²) < 4.78 is 1.25. The van der Waals surface area contributed by atoms with Crippen molar-refractivity contribution in [2.24, 2.45) is 0 Å². The Hall–Kier alpha value is -2.96. The normalized spacial score (nSPS) is 14.7. The lowest BCUT2D eigenvalue weighted by atomic mass is 9.89. The molecule has 2 heterocycles. The number of amides is 1. The van der Waals surface area contributed by atoms with E-state index >= 15 is 0 Å². The van der Waals surface area contributed by atoms with Crippen LogP contribution in [0, 0.1) is 6.92 Å². The van der Waals surface area contributed by atoms with E-state index in [-0.39, 0.29) is 23.9 Å². The lowest BCUT2D eigenvalue weighted by Crippen LogP contribution is -2.32. The molecule has 0 saturated heterocycles. The number of carbonyl (C=O) groups excluding carboxylic acids is 1. The Morgan fingerprint density at radius 2 is 2.07 bits per heavy atom. The first-order valence-corrected chi connectivity index (χ1v) is 9.35. The Morgan fingerprint density at radius 1 is 1.30 bits per heavy atom. The molecule has 2 aromatic heterocycles. The number of aromatic amines is 1. The van der Waals surface area contributed by atoms with E-state index in [0.29, 0.717) is 17.0 Å². The van der Waals surface area contributed by atoms with Gasteiger partial charge < -0.3 is 5.32 Å². The molecule has 1 amide bonds. The van der Waals surface area contributed by atoms with Gasteiger partial charge in [-0.15, -0.1) is 0 Å². The predicted molar refractivity (Wildman–Crippen MR) is 102 cm³/mol. The van der Waals surface area contributed by atoms with Gasteiger partial charge in [0.15, 0.2) is 0 Å². The molecule has 0 aliphatic heterocycles. The molecule has 1 aliphatic carbocycles. The Kier molecular flexibility index (Phi) is 4.51. The fourth-order valence-electron chi connectivity index (χ4n) is 3.76. The van der Waals surface area contributed by atoms with Crippen LogP contribution < -0.4 is 10.9 Å². The number of nitrogens with zero attached hydrogens (tertiary/aromatic N) is 3. The molecular weight excluding hydrogens is 342 g/mol. The van der Waals surface area contributed by atoms with Gasteiger partial charge in [-0.2, -0.15) is 4.52 Å². The smallest absolute Gasteiger partial charge is 0.277 e. The summed E-state index contributed by atoms with van der Waals surface area (Å²) in [4.78, 5) is 33.3. The van der Waals surface area contributed by atoms with Gasteiger partial charge in [0.2, 0.25) is 5.91 Å². The molecule has 7 nitrogen and oxygen atoms in total. The molecule has 3 aromatic rings. The Morgan fingerprint density at radius 3 is 2.89 bits per heavy atom. The van der Waals surface area contributed by atoms with Crippen LogP contribution in [-0.4, -0.2) is 25.5 Å². The van der Waals surface area contributed by atoms with E-state index in [0.717, 1.165) is 18.4 Å². The lowest BCUT2D eigenvalue weighted by molar-refractivity contribution is -0.121. The second-order valence-corrected chi connectivity index (χ2v) is 7.20. The van der Waals surface area contributed by atoms with Gasteiger partial charge in [-0.1, -0.05) is 18.2 Å². The minimum atomic E-state index is -0.286. The van der Waals surface area contributed by atoms with Crippen LogP contribution in [0.4, 0.5) is 0 Å². The number of hydrogen-bond acceptors (Lipinski definition) is 4. The minimum Gasteiger partial charge on any atom is -0.349 e. The highest BCUT2D eigenvalue weighted by molar-refractivity contribution is 5.79. The summed E-state index contributed by atoms with van der Waals surface area (Å²) in [7, 11) is 0. The third-order valence-electron chi connectivity index (χ3n) is 5.32. The van der Waals surface area contributed by atoms with E-state index in [1.54, 1.807) is 6.92 Å². The van der Waals surface area contributed by atoms with Crippen LogP contribution in [0.3, 0.4) is 0 Å². The number of nitrogens with one attached hydrogen (secondary N) is 2. The minimum absolute atomic E-state index is 0.00505. The largest absolute Gasteiger partial charge is 0.349 e. The molecule has 0 spiro atoms. The van der Waals surface area contributed by atoms with Crippen molar-refractivity contribution in [1.82, 2.24) is 24.9 Å². The Balaban J connectivity index is 1.50. The van der Waals surface area contributed by atoms with Crippen LogP contribution >= 0.6 is 0 Å². The van der Waals surface area contributed by atoms with E-state index in [2.05, 4.69) is 38.6 Å². The summed E-state index contributed by atoms with van der Waals surface area (Å²) in [6.45, 7) is 3.70. The van der Waals surface area contributed by atoms with Crippen molar-refractivity contribution in [2.75, 3.05) is 0 Å². The quantitative estimate of drug-likeness (QED) is 0.740. The van der Waals surface area contributed by atoms with Crippen molar-refractivity contribution in [1.29, 1.82) is 0 Å². The predicted octanol–water partition coefficient (Wildman–Crippen LogP) is 2.02. The SMILES string of the molecule is Cc1nc2nc[nH]n2c(=O)c1CC(=O)N[C@@H](C)c1ccc2c(c1)CCCC2. The molecule has 1 atom stereocenters. The topological polar surface area (TPSA) is 92.2 Å². The average molecular weight is 365 g/mol. The summed E-state index contributed by atoms with van der Waals surface area (Å²) in [5.74, 6) is 0.116. The van der Waals surface area contributed by atoms with Crippen LogP contribution in [0.15, 0.2) is 29.3 Å². The molecule has 0 bridgehead atoms. The number of aromatic nitrogens is 4. The summed E-state index contributed by atoms with van der Waals surface area (Å²) >= 11 is 0. The van der Waals surface area contributed by atoms with Crippen LogP contribution in [0.1, 0.15) is 53.8 Å². The van der Waals surface area contributed by atoms with Crippen molar-refractivity contribution in [3.63, 3.8) is 0 Å². The zero-order valence-electron chi connectivity index (χ0n) is 15.6. The van der Waals surface area contributed by atoms with Gasteiger partial charge in [0.25, 0.3) is 11.3 Å². The van der Waals surface area contributed by atoms with Crippen molar-refractivity contribution >= 4 is 11.7 Å². The third kappa shape index (κ3) is 3.37. The van der Waals surface area contributed by atoms with E-state index in [4.69, 9.17) is 0 Å². The maximum Gasteiger partial charge on any atom is 0.277 e. The van der Waals surface area contributed by atoms with Crippen LogP contribution in [-0.2, 0) is 24.1 Å². The first-order valence-electron chi connectivity index (χ1n) is 9.35. The van der Waals surface area contributed by atoms with Gasteiger partial charge >= 0.3 is 0 Å². The van der Waals surface area contributed by atoms with Crippen molar-refractivity contribution in [2.45, 2.75) is 52.0 Å². The highest BCUT2D eigenvalue weighted by Gasteiger charge is 2.18. The zero-order chi connectivity index (χ0) is 19.0. The number of fused-ring (bicyclic) bond motifs is 2. The van der Waals surface area contributed by atoms with E-state index < -0.39 is 0 Å². The number of carbonyl (C=O) groups is 1. The maximum atomic E-state index is 12.6. The molecule has 140 valence electrons. The second-order valence-electron chi connectivity index (χ2n) is 7.20. The fourth-order valence-corrected chi connectivity index (χ4v) is 3.76. The third-order valence-corrected chi connectivity index (χ3v) is 5.32. The molecule has 1 aromatic carbocycles. The van der Waals surface area contributed by atoms with E-state index in [9.17, 15) is 9.59 Å². The summed E-state index contributed by atoms with van der Waals surface area (Å²) in [5, 5.41) is 5.73. The van der Waals surface area contributed by atoms with Gasteiger partial charge in [0.05, 0.1) is 18.2 Å². The lowest BCUT2D eigenvalue weighted by Gasteiger charge is -2.20. The highest BCUT2D eigenvalue weighted by atomic mass is 16.2. The number of hydrogen-bond donors (Lipinski definition) is 2. The highest BCUT2D eigenvalue weighted by Crippen LogP contribution is 2.24. The average Bonchev–Trinajstić information content (AvgIpc) is 3.13. The zero-order valence-corrected chi connectivity index (χ0v) is 15.6. The number of rotatable bonds is 4. The van der Waals surface area contributed by atoms with Crippen LogP contribution in [0.25, 0.3) is 5.78 Å². The molecule has 4 rings (SSSR count). The molecule has 1 aliphatic rings. The molecular formula is C20H23N5O2. The van der Waals surface area contributed by atoms with Gasteiger partial charge in [-0.3, -0.25) is 14.7 Å². The van der Waals surface area contributed by atoms with E-state index in [1.807, 2.05) is 6.92 Å². The van der Waals surface area contributed by atoms with Gasteiger partial charge in [0.1, 0.15) is 6.33 Å². The first kappa shape index (κ1) is 17.5. The number of benzene rings is 1. The number of H-pyrrole nitrogens is 1. The van der Waals surface area contributed by atoms with Crippen LogP contribution in [0.5, 0.6) is 0 Å². The Labute approximate surface area is 156 Å². The van der Waals surface area contributed by atoms with Crippen molar-refractivity contribution in [3.05, 3.63) is 62.8 Å². The number of aryl methyl sites for hydroxylation is 3. The molecule has 0 unspecified atom stereocenters. The van der Waals surface area contributed by atoms with Crippen molar-refractivity contribution < 1.29 is 4.79 Å². The van der Waals surface area contributed by atoms with Gasteiger partial charge in [-0.25, -0.2) is 9.97 Å². The standard InChI is InChI=1S/C20H23N5O2/c1-12(15-8-7-14-5-3-4-6-16(14)9-15)23-18(26)10-17-13(2)24-20-21-11-22-25(20)19(17)27/h7-9,11-12H,3-6,10H2,1-2H3,(H,23,26)(H,21,22,24)/t12-/m0/s1. The molecule has 27 heavy (non-hydrogen) atoms. The van der Waals surface area contributed by atoms with Gasteiger partial charge in [0, 0.05) is 5.56 Å². The summed E-state index contributed by atoms with van der Waals surface area (Å²) in [6.07, 6.45) is 6.13. The van der Waals surface area contributed by atoms with Crippen molar-refractivity contribution in [3.8, 4) is 0 Å². The Bertz CT molecular complexity index is 1070. The monoisotopic (exact) mass is 365 g/mol. The van der Waals surface area contributed by atoms with Gasteiger partial charge in [-0.05, 0) is 56.2 Å². The molecule has 0 saturated carbocycles. The maximum absolute atomic E-state index is 12.6. The van der Waals surface area contributed by atoms with E-state index in [1.165, 1.54) is 34.8 Å². The first-order chi connectivity index (χ1) is 13.0. The summed E-state index contributed by atoms with van der Waals surface area (Å²) in [5.41, 5.74) is 4.54. The second kappa shape index (κ2) is 6.98. The molecule has 2 N–H and O–H groups in total. The summed E-state index contributed by atoms with van der Waals surface area (Å²) in [6, 6.07) is 6.36. The molecule has 7 heteroatoms. The molecule has 0 radical (unpaired) electrons.